The van der Waals surface area contributed by atoms with Crippen LogP contribution in [0, 0.1) is 10.1 Å². The molecule has 166 valence electrons. The molecule has 3 rings (SSSR count). The van der Waals surface area contributed by atoms with Gasteiger partial charge >= 0.3 is 0 Å². The molecule has 0 saturated carbocycles. The van der Waals surface area contributed by atoms with E-state index >= 15 is 0 Å². The number of halogens is 2. The number of anilines is 1. The van der Waals surface area contributed by atoms with Crippen LogP contribution in [0.1, 0.15) is 16.2 Å². The number of hydrogen-bond donors (Lipinski definition) is 2. The van der Waals surface area contributed by atoms with E-state index in [-0.39, 0.29) is 34.8 Å². The van der Waals surface area contributed by atoms with Crippen molar-refractivity contribution in [3.8, 4) is 0 Å². The van der Waals surface area contributed by atoms with Gasteiger partial charge in [-0.2, -0.15) is 0 Å². The van der Waals surface area contributed by atoms with E-state index in [4.69, 9.17) is 23.2 Å². The van der Waals surface area contributed by atoms with Crippen LogP contribution < -0.4 is 10.6 Å². The van der Waals surface area contributed by atoms with Crippen molar-refractivity contribution in [2.24, 2.45) is 7.05 Å². The molecule has 13 heteroatoms. The molecule has 2 N–H and O–H groups in total. The van der Waals surface area contributed by atoms with Crippen LogP contribution in [0.25, 0.3) is 0 Å². The van der Waals surface area contributed by atoms with Crippen molar-refractivity contribution in [3.05, 3.63) is 74.0 Å². The van der Waals surface area contributed by atoms with E-state index in [0.29, 0.717) is 27.3 Å². The summed E-state index contributed by atoms with van der Waals surface area (Å²) in [7, 11) is 1.71. The van der Waals surface area contributed by atoms with Gasteiger partial charge in [-0.15, -0.1) is 10.2 Å². The van der Waals surface area contributed by atoms with Gasteiger partial charge in [-0.05, 0) is 24.3 Å². The molecule has 0 bridgehead atoms. The lowest BCUT2D eigenvalue weighted by atomic mass is 10.2. The van der Waals surface area contributed by atoms with Gasteiger partial charge in [0, 0.05) is 30.4 Å². The van der Waals surface area contributed by atoms with Crippen LogP contribution in [0.15, 0.2) is 47.6 Å². The number of nitro groups is 1. The largest absolute Gasteiger partial charge is 0.345 e. The minimum atomic E-state index is -0.536. The maximum absolute atomic E-state index is 12.3. The molecule has 0 spiro atoms. The minimum Gasteiger partial charge on any atom is -0.345 e. The molecular weight excluding hydrogens is 479 g/mol. The van der Waals surface area contributed by atoms with Gasteiger partial charge in [0.05, 0.1) is 27.3 Å². The third kappa shape index (κ3) is 5.96. The minimum absolute atomic E-state index is 0.0182. The molecule has 0 aliphatic rings. The van der Waals surface area contributed by atoms with Gasteiger partial charge in [0.1, 0.15) is 0 Å². The SMILES string of the molecule is Cn1c(CNC(=O)c2ccc(Cl)c(Cl)c2)nnc1SCC(=O)Nc1cccc([N+](=O)[O-])c1. The van der Waals surface area contributed by atoms with Crippen molar-refractivity contribution in [1.29, 1.82) is 0 Å². The number of rotatable bonds is 8. The van der Waals surface area contributed by atoms with Crippen LogP contribution in [-0.2, 0) is 18.4 Å². The summed E-state index contributed by atoms with van der Waals surface area (Å²) in [6.45, 7) is 0.114. The lowest BCUT2D eigenvalue weighted by molar-refractivity contribution is -0.384. The average Bonchev–Trinajstić information content (AvgIpc) is 3.12. The smallest absolute Gasteiger partial charge is 0.271 e. The van der Waals surface area contributed by atoms with E-state index in [1.807, 2.05) is 0 Å². The Balaban J connectivity index is 1.53. The monoisotopic (exact) mass is 494 g/mol. The molecule has 0 unspecified atom stereocenters. The number of aromatic nitrogens is 3. The Morgan fingerprint density at radius 2 is 1.94 bits per heavy atom. The van der Waals surface area contributed by atoms with Crippen molar-refractivity contribution < 1.29 is 14.5 Å². The molecule has 10 nitrogen and oxygen atoms in total. The fraction of sp³-hybridized carbons (Fsp3) is 0.158. The maximum atomic E-state index is 12.3. The first-order valence-electron chi connectivity index (χ1n) is 9.03. The molecule has 0 saturated heterocycles. The Hall–Kier alpha value is -3.15. The number of thioether (sulfide) groups is 1. The van der Waals surface area contributed by atoms with E-state index in [2.05, 4.69) is 20.8 Å². The summed E-state index contributed by atoms with van der Waals surface area (Å²) < 4.78 is 1.65. The number of nitrogens with zero attached hydrogens (tertiary/aromatic N) is 4. The van der Waals surface area contributed by atoms with Crippen LogP contribution in [0.3, 0.4) is 0 Å². The number of nitrogens with one attached hydrogen (secondary N) is 2. The molecule has 0 fully saturated rings. The predicted molar refractivity (Wildman–Crippen MR) is 121 cm³/mol. The normalized spacial score (nSPS) is 10.6. The first-order chi connectivity index (χ1) is 15.2. The lowest BCUT2D eigenvalue weighted by Gasteiger charge is -2.07. The van der Waals surface area contributed by atoms with Crippen LogP contribution >= 0.6 is 35.0 Å². The standard InChI is InChI=1S/C19H16Cl2N6O4S/c1-26-16(9-22-18(29)11-5-6-14(20)15(21)7-11)24-25-19(26)32-10-17(28)23-12-3-2-4-13(8-12)27(30)31/h2-8H,9-10H2,1H3,(H,22,29)(H,23,28). The first kappa shape index (κ1) is 23.5. The van der Waals surface area contributed by atoms with E-state index < -0.39 is 4.92 Å². The fourth-order valence-corrected chi connectivity index (χ4v) is 3.58. The van der Waals surface area contributed by atoms with Crippen molar-refractivity contribution in [2.45, 2.75) is 11.7 Å². The van der Waals surface area contributed by atoms with Gasteiger partial charge in [0.2, 0.25) is 5.91 Å². The molecule has 1 aromatic heterocycles. The Morgan fingerprint density at radius 1 is 1.16 bits per heavy atom. The van der Waals surface area contributed by atoms with E-state index in [1.54, 1.807) is 23.7 Å². The Labute approximate surface area is 196 Å². The summed E-state index contributed by atoms with van der Waals surface area (Å²) in [6.07, 6.45) is 0. The zero-order valence-corrected chi connectivity index (χ0v) is 18.9. The van der Waals surface area contributed by atoms with Gasteiger partial charge in [-0.25, -0.2) is 0 Å². The second kappa shape index (κ2) is 10.4. The number of carbonyl (C=O) groups excluding carboxylic acids is 2. The summed E-state index contributed by atoms with van der Waals surface area (Å²) >= 11 is 12.9. The summed E-state index contributed by atoms with van der Waals surface area (Å²) in [4.78, 5) is 34.7. The highest BCUT2D eigenvalue weighted by Crippen LogP contribution is 2.23. The summed E-state index contributed by atoms with van der Waals surface area (Å²) in [5.74, 6) is -0.199. The Bertz CT molecular complexity index is 1190. The number of non-ortho nitro benzene ring substituents is 1. The molecule has 0 aliphatic heterocycles. The zero-order chi connectivity index (χ0) is 23.3. The molecule has 0 aliphatic carbocycles. The molecule has 0 atom stereocenters. The Morgan fingerprint density at radius 3 is 2.66 bits per heavy atom. The topological polar surface area (TPSA) is 132 Å². The van der Waals surface area contributed by atoms with Gasteiger partial charge in [-0.3, -0.25) is 19.7 Å². The number of nitro benzene ring substituents is 1. The molecule has 32 heavy (non-hydrogen) atoms. The third-order valence-electron chi connectivity index (χ3n) is 4.19. The number of hydrogen-bond acceptors (Lipinski definition) is 7. The quantitative estimate of drug-likeness (QED) is 0.277. The summed E-state index contributed by atoms with van der Waals surface area (Å²) in [5.41, 5.74) is 0.568. The second-order valence-electron chi connectivity index (χ2n) is 6.41. The first-order valence-corrected chi connectivity index (χ1v) is 10.8. The highest BCUT2D eigenvalue weighted by atomic mass is 35.5. The van der Waals surface area contributed by atoms with Crippen LogP contribution in [0.5, 0.6) is 0 Å². The highest BCUT2D eigenvalue weighted by molar-refractivity contribution is 7.99. The van der Waals surface area contributed by atoms with Gasteiger partial charge in [0.25, 0.3) is 11.6 Å². The molecular formula is C19H16Cl2N6O4S. The van der Waals surface area contributed by atoms with Crippen molar-refractivity contribution >= 4 is 58.2 Å². The number of carbonyl (C=O) groups is 2. The maximum Gasteiger partial charge on any atom is 0.271 e. The predicted octanol–water partition coefficient (Wildman–Crippen LogP) is 3.69. The fourth-order valence-electron chi connectivity index (χ4n) is 2.55. The second-order valence-corrected chi connectivity index (χ2v) is 8.17. The van der Waals surface area contributed by atoms with Crippen LogP contribution in [0.2, 0.25) is 10.0 Å². The molecule has 3 aromatic rings. The number of benzene rings is 2. The van der Waals surface area contributed by atoms with Crippen LogP contribution in [0.4, 0.5) is 11.4 Å². The van der Waals surface area contributed by atoms with Gasteiger partial charge in [0.15, 0.2) is 11.0 Å². The molecule has 0 radical (unpaired) electrons. The van der Waals surface area contributed by atoms with Gasteiger partial charge < -0.3 is 15.2 Å². The van der Waals surface area contributed by atoms with Crippen LogP contribution in [-0.4, -0.2) is 37.3 Å². The lowest BCUT2D eigenvalue weighted by Crippen LogP contribution is -2.24. The zero-order valence-electron chi connectivity index (χ0n) is 16.5. The van der Waals surface area contributed by atoms with E-state index in [1.165, 1.54) is 30.3 Å². The third-order valence-corrected chi connectivity index (χ3v) is 5.95. The highest BCUT2D eigenvalue weighted by Gasteiger charge is 2.14. The van der Waals surface area contributed by atoms with E-state index in [9.17, 15) is 19.7 Å². The molecule has 2 aromatic carbocycles. The van der Waals surface area contributed by atoms with Crippen molar-refractivity contribution in [3.63, 3.8) is 0 Å². The van der Waals surface area contributed by atoms with Gasteiger partial charge in [-0.1, -0.05) is 41.0 Å². The van der Waals surface area contributed by atoms with Crippen molar-refractivity contribution in [1.82, 2.24) is 20.1 Å². The summed E-state index contributed by atoms with van der Waals surface area (Å²) in [6, 6.07) is 10.2. The van der Waals surface area contributed by atoms with Crippen molar-refractivity contribution in [2.75, 3.05) is 11.1 Å². The number of amides is 2. The summed E-state index contributed by atoms with van der Waals surface area (Å²) in [5, 5.41) is 25.3. The molecule has 2 amide bonds. The van der Waals surface area contributed by atoms with E-state index in [0.717, 1.165) is 11.8 Å². The Kier molecular flexibility index (Phi) is 7.67. The average molecular weight is 495 g/mol. The molecule has 1 heterocycles.